The number of piperidine rings is 2. The van der Waals surface area contributed by atoms with Gasteiger partial charge in [-0.25, -0.2) is 9.18 Å². The smallest absolute Gasteiger partial charge is 0.480 e. The molecular formula is C60H63FN6O13. The molecule has 20 heteroatoms. The molecule has 2 saturated heterocycles. The molecule has 7 aromatic rings. The zero-order chi connectivity index (χ0) is 57.0. The minimum absolute atomic E-state index is 0.0971. The van der Waals surface area contributed by atoms with Gasteiger partial charge in [0, 0.05) is 67.1 Å². The highest BCUT2D eigenvalue weighted by Crippen LogP contribution is 2.37. The first kappa shape index (κ1) is 57.6. The summed E-state index contributed by atoms with van der Waals surface area (Å²) in [4.78, 5) is 73.3. The second-order valence-corrected chi connectivity index (χ2v) is 20.5. The van der Waals surface area contributed by atoms with Crippen LogP contribution in [0.1, 0.15) is 70.1 Å². The number of aliphatic carboxylic acids is 2. The van der Waals surface area contributed by atoms with Gasteiger partial charge in [-0.05, 0) is 98.4 Å². The number of carboxylic acids is 2. The molecule has 19 nitrogen and oxygen atoms in total. The highest BCUT2D eigenvalue weighted by Gasteiger charge is 2.51. The SMILES string of the molecule is CC(C)Cc1ccc(-c2nc(-c3ccc(CN4CCC(C(=O)O)(C(=O)O)CC4)cc3)no2)cc1.COC(=O)C1(C(=O)OCOC(=O)OC(C)C)CCN(Cc2ccc(-c3noc(-c4ccc(-c5ccccc5)c(F)c4)n3)cc2)CC1. The summed E-state index contributed by atoms with van der Waals surface area (Å²) < 4.78 is 45.4. The van der Waals surface area contributed by atoms with E-state index in [4.69, 9.17) is 28.0 Å². The maximum absolute atomic E-state index is 14.9. The molecule has 5 aromatic carbocycles. The third-order valence-corrected chi connectivity index (χ3v) is 14.1. The van der Waals surface area contributed by atoms with Crippen molar-refractivity contribution in [3.05, 3.63) is 144 Å². The quantitative estimate of drug-likeness (QED) is 0.0351. The Morgan fingerprint density at radius 2 is 1.06 bits per heavy atom. The minimum atomic E-state index is -1.68. The molecule has 80 heavy (non-hydrogen) atoms. The molecule has 2 N–H and O–H groups in total. The molecule has 0 aliphatic carbocycles. The number of nitrogens with zero attached hydrogens (tertiary/aromatic N) is 6. The molecule has 0 radical (unpaired) electrons. The first-order valence-electron chi connectivity index (χ1n) is 26.3. The normalized spacial score (nSPS) is 15.1. The molecule has 2 fully saturated rings. The molecule has 9 rings (SSSR count). The predicted molar refractivity (Wildman–Crippen MR) is 289 cm³/mol. The maximum atomic E-state index is 14.9. The van der Waals surface area contributed by atoms with Gasteiger partial charge in [0.05, 0.1) is 13.2 Å². The molecule has 0 atom stereocenters. The number of hydrogen-bond donors (Lipinski definition) is 2. The van der Waals surface area contributed by atoms with Gasteiger partial charge >= 0.3 is 30.0 Å². The van der Waals surface area contributed by atoms with Gasteiger partial charge in [-0.2, -0.15) is 9.97 Å². The second kappa shape index (κ2) is 25.9. The van der Waals surface area contributed by atoms with E-state index in [0.29, 0.717) is 73.9 Å². The van der Waals surface area contributed by atoms with E-state index in [9.17, 15) is 38.6 Å². The number of carbonyl (C=O) groups excluding carboxylic acids is 3. The van der Waals surface area contributed by atoms with Crippen LogP contribution < -0.4 is 0 Å². The third-order valence-electron chi connectivity index (χ3n) is 14.1. The Labute approximate surface area is 461 Å². The number of carboxylic acid groups (broad SMARTS) is 2. The Hall–Kier alpha value is -8.62. The van der Waals surface area contributed by atoms with Crippen molar-refractivity contribution in [3.8, 4) is 56.8 Å². The highest BCUT2D eigenvalue weighted by atomic mass is 19.1. The third kappa shape index (κ3) is 14.0. The van der Waals surface area contributed by atoms with E-state index in [1.165, 1.54) is 18.7 Å². The Balaban J connectivity index is 0.000000220. The Bertz CT molecular complexity index is 3220. The van der Waals surface area contributed by atoms with Crippen molar-refractivity contribution in [1.29, 1.82) is 0 Å². The van der Waals surface area contributed by atoms with Crippen LogP contribution in [0.15, 0.2) is 130 Å². The van der Waals surface area contributed by atoms with E-state index < -0.39 is 53.8 Å². The molecule has 0 bridgehead atoms. The van der Waals surface area contributed by atoms with Crippen LogP contribution in [0.4, 0.5) is 9.18 Å². The van der Waals surface area contributed by atoms with Crippen LogP contribution in [0.3, 0.4) is 0 Å². The van der Waals surface area contributed by atoms with Crippen molar-refractivity contribution < 1.29 is 66.6 Å². The molecule has 2 aliphatic heterocycles. The average molecular weight is 1100 g/mol. The van der Waals surface area contributed by atoms with Crippen molar-refractivity contribution >= 4 is 30.0 Å². The van der Waals surface area contributed by atoms with E-state index in [2.05, 4.69) is 56.1 Å². The largest absolute Gasteiger partial charge is 0.511 e. The lowest BCUT2D eigenvalue weighted by Gasteiger charge is -2.37. The summed E-state index contributed by atoms with van der Waals surface area (Å²) in [5.74, 6) is -2.23. The van der Waals surface area contributed by atoms with Crippen LogP contribution in [0.5, 0.6) is 0 Å². The van der Waals surface area contributed by atoms with E-state index in [1.54, 1.807) is 26.0 Å². The van der Waals surface area contributed by atoms with Gasteiger partial charge in [0.25, 0.3) is 11.8 Å². The summed E-state index contributed by atoms with van der Waals surface area (Å²) in [6.45, 7) is 9.92. The van der Waals surface area contributed by atoms with Gasteiger partial charge in [0.2, 0.25) is 18.4 Å². The summed E-state index contributed by atoms with van der Waals surface area (Å²) >= 11 is 0. The maximum Gasteiger partial charge on any atom is 0.511 e. The molecule has 0 saturated carbocycles. The lowest BCUT2D eigenvalue weighted by atomic mass is 9.78. The first-order valence-corrected chi connectivity index (χ1v) is 26.3. The summed E-state index contributed by atoms with van der Waals surface area (Å²) in [6.07, 6.45) is 0.203. The molecule has 4 heterocycles. The molecule has 0 unspecified atom stereocenters. The van der Waals surface area contributed by atoms with Crippen LogP contribution in [0.25, 0.3) is 56.8 Å². The van der Waals surface area contributed by atoms with Crippen molar-refractivity contribution in [3.63, 3.8) is 0 Å². The number of hydrogen-bond acceptors (Lipinski definition) is 17. The molecule has 2 aliphatic rings. The van der Waals surface area contributed by atoms with Gasteiger partial charge in [-0.3, -0.25) is 29.0 Å². The lowest BCUT2D eigenvalue weighted by molar-refractivity contribution is -0.181. The van der Waals surface area contributed by atoms with E-state index in [1.807, 2.05) is 91.0 Å². The topological polar surface area (TPSA) is 247 Å². The van der Waals surface area contributed by atoms with Gasteiger partial charge in [-0.1, -0.05) is 121 Å². The van der Waals surface area contributed by atoms with Gasteiger partial charge in [0.15, 0.2) is 10.8 Å². The van der Waals surface area contributed by atoms with Crippen LogP contribution in [-0.4, -0.2) is 117 Å². The lowest BCUT2D eigenvalue weighted by Crippen LogP contribution is -2.50. The van der Waals surface area contributed by atoms with Crippen LogP contribution in [0.2, 0.25) is 0 Å². The zero-order valence-corrected chi connectivity index (χ0v) is 45.1. The van der Waals surface area contributed by atoms with Crippen molar-refractivity contribution in [2.24, 2.45) is 16.7 Å². The van der Waals surface area contributed by atoms with E-state index >= 15 is 0 Å². The molecule has 2 aromatic heterocycles. The van der Waals surface area contributed by atoms with Crippen LogP contribution in [-0.2, 0) is 57.6 Å². The van der Waals surface area contributed by atoms with E-state index in [0.717, 1.165) is 39.8 Å². The van der Waals surface area contributed by atoms with Crippen molar-refractivity contribution in [2.75, 3.05) is 40.1 Å². The Morgan fingerprint density at radius 1 is 0.588 bits per heavy atom. The number of likely N-dealkylation sites (tertiary alicyclic amines) is 2. The van der Waals surface area contributed by atoms with Crippen molar-refractivity contribution in [1.82, 2.24) is 30.1 Å². The van der Waals surface area contributed by atoms with E-state index in [-0.39, 0.29) is 37.4 Å². The molecule has 0 spiro atoms. The summed E-state index contributed by atoms with van der Waals surface area (Å²) in [7, 11) is 1.22. The molecular weight excluding hydrogens is 1030 g/mol. The predicted octanol–water partition coefficient (Wildman–Crippen LogP) is 10.4. The number of methoxy groups -OCH3 is 1. The summed E-state index contributed by atoms with van der Waals surface area (Å²) in [5, 5.41) is 26.9. The van der Waals surface area contributed by atoms with Gasteiger partial charge in [0.1, 0.15) is 5.82 Å². The number of ether oxygens (including phenoxy) is 4. The second-order valence-electron chi connectivity index (χ2n) is 20.5. The average Bonchev–Trinajstić information content (AvgIpc) is 4.21. The van der Waals surface area contributed by atoms with Crippen LogP contribution >= 0.6 is 0 Å². The number of aromatic nitrogens is 4. The Kier molecular flexibility index (Phi) is 18.6. The summed E-state index contributed by atoms with van der Waals surface area (Å²) in [6, 6.07) is 37.7. The molecule has 0 amide bonds. The number of halogens is 1. The van der Waals surface area contributed by atoms with Gasteiger partial charge < -0.3 is 38.2 Å². The zero-order valence-electron chi connectivity index (χ0n) is 45.1. The fraction of sp³-hybridized carbons (Fsp3) is 0.350. The number of benzene rings is 5. The highest BCUT2D eigenvalue weighted by molar-refractivity contribution is 6.00. The molecule has 418 valence electrons. The number of carbonyl (C=O) groups is 5. The minimum Gasteiger partial charge on any atom is -0.480 e. The first-order chi connectivity index (χ1) is 38.4. The fourth-order valence-corrected chi connectivity index (χ4v) is 9.59. The van der Waals surface area contributed by atoms with Crippen molar-refractivity contribution in [2.45, 2.75) is 79.0 Å². The number of esters is 2. The standard InChI is InChI=1S/C34H34FN3O8.C26H29N3O5/c1-22(2)45-33(41)44-21-43-32(40)34(31(39)42-3)15-17-38(18-16-34)20-23-9-11-25(12-10-23)29-36-30(46-37-29)26-13-14-27(28(35)19-26)24-7-5-4-6-8-24;1-17(2)15-18-3-9-21(10-4-18)23-27-22(28-34-23)20-7-5-19(6-8-20)16-29-13-11-26(12-14-29,24(30)31)25(32)33/h4-14,19,22H,15-18,20-21H2,1-3H3;3-10,17H,11-16H2,1-2H3,(H,30,31)(H,32,33). The number of rotatable bonds is 18. The fourth-order valence-electron chi connectivity index (χ4n) is 9.59. The monoisotopic (exact) mass is 1090 g/mol. The Morgan fingerprint density at radius 3 is 1.54 bits per heavy atom. The summed E-state index contributed by atoms with van der Waals surface area (Å²) in [5.41, 5.74) is 4.34. The van der Waals surface area contributed by atoms with Gasteiger partial charge in [-0.15, -0.1) is 0 Å². The van der Waals surface area contributed by atoms with Crippen LogP contribution in [0, 0.1) is 22.6 Å².